The lowest BCUT2D eigenvalue weighted by molar-refractivity contribution is -0.918. The topological polar surface area (TPSA) is 40.3 Å². The summed E-state index contributed by atoms with van der Waals surface area (Å²) in [5, 5.41) is 16.8. The molecule has 4 heteroatoms. The minimum atomic E-state index is 0.294. The molecule has 0 saturated carbocycles. The number of nitrogens with one attached hydrogen (secondary N) is 1. The number of phenolic OH excluding ortho intramolecular Hbond substituents is 1. The number of para-hydroxylation sites is 1. The zero-order valence-corrected chi connectivity index (χ0v) is 14.5. The summed E-state index contributed by atoms with van der Waals surface area (Å²) in [5.74, 6) is 0.294. The third kappa shape index (κ3) is 4.15. The average molecular weight is 324 g/mol. The van der Waals surface area contributed by atoms with Gasteiger partial charge < -0.3 is 10.0 Å². The van der Waals surface area contributed by atoms with Gasteiger partial charge >= 0.3 is 0 Å². The Bertz CT molecular complexity index is 701. The highest BCUT2D eigenvalue weighted by atomic mass is 16.3. The Balaban J connectivity index is 1.56. The molecule has 1 aliphatic rings. The molecule has 3 rings (SSSR count). The van der Waals surface area contributed by atoms with Crippen LogP contribution in [0.25, 0.3) is 0 Å². The standard InChI is InChI=1S/C20H25N3O/c1-16-7-9-18(10-8-16)15-22-11-13-23(14-12-22)21-17(2)19-5-3-4-6-20(19)24/h3-10,24H,11-15H2,1-2H3/p+1/b21-17+. The van der Waals surface area contributed by atoms with Crippen LogP contribution in [0.3, 0.4) is 0 Å². The summed E-state index contributed by atoms with van der Waals surface area (Å²) in [4.78, 5) is 1.60. The Kier molecular flexibility index (Phi) is 5.16. The van der Waals surface area contributed by atoms with E-state index in [1.807, 2.05) is 25.1 Å². The Morgan fingerprint density at radius 3 is 2.42 bits per heavy atom. The molecule has 2 N–H and O–H groups in total. The van der Waals surface area contributed by atoms with Crippen LogP contribution in [0.2, 0.25) is 0 Å². The molecule has 1 aliphatic heterocycles. The highest BCUT2D eigenvalue weighted by Crippen LogP contribution is 2.16. The van der Waals surface area contributed by atoms with Gasteiger partial charge in [-0.25, -0.2) is 0 Å². The summed E-state index contributed by atoms with van der Waals surface area (Å²) in [6.45, 7) is 9.24. The van der Waals surface area contributed by atoms with Gasteiger partial charge in [0.15, 0.2) is 0 Å². The van der Waals surface area contributed by atoms with Crippen molar-refractivity contribution in [2.45, 2.75) is 20.4 Å². The van der Waals surface area contributed by atoms with E-state index in [0.717, 1.165) is 44.0 Å². The lowest BCUT2D eigenvalue weighted by Gasteiger charge is -2.31. The molecule has 1 saturated heterocycles. The number of aryl methyl sites for hydroxylation is 1. The van der Waals surface area contributed by atoms with Crippen LogP contribution in [0.1, 0.15) is 23.6 Å². The van der Waals surface area contributed by atoms with Crippen LogP contribution < -0.4 is 4.90 Å². The summed E-state index contributed by atoms with van der Waals surface area (Å²) >= 11 is 0. The Labute approximate surface area is 144 Å². The largest absolute Gasteiger partial charge is 0.507 e. The highest BCUT2D eigenvalue weighted by molar-refractivity contribution is 6.00. The predicted octanol–water partition coefficient (Wildman–Crippen LogP) is 1.83. The first-order chi connectivity index (χ1) is 11.6. The molecule has 0 bridgehead atoms. The molecule has 0 amide bonds. The van der Waals surface area contributed by atoms with Gasteiger partial charge in [0.05, 0.1) is 31.9 Å². The van der Waals surface area contributed by atoms with Crippen LogP contribution in [0.4, 0.5) is 0 Å². The van der Waals surface area contributed by atoms with Gasteiger partial charge in [-0.1, -0.05) is 42.0 Å². The van der Waals surface area contributed by atoms with Gasteiger partial charge in [0.25, 0.3) is 0 Å². The molecule has 0 radical (unpaired) electrons. The van der Waals surface area contributed by atoms with Gasteiger partial charge in [-0.2, -0.15) is 5.10 Å². The van der Waals surface area contributed by atoms with Crippen molar-refractivity contribution in [3.63, 3.8) is 0 Å². The van der Waals surface area contributed by atoms with Gasteiger partial charge in [-0.05, 0) is 26.0 Å². The van der Waals surface area contributed by atoms with Crippen LogP contribution in [-0.2, 0) is 6.54 Å². The molecule has 0 spiro atoms. The SMILES string of the molecule is C/C(=N\N1CC[NH+](Cc2ccc(C)cc2)CC1)c1ccccc1O. The van der Waals surface area contributed by atoms with Crippen molar-refractivity contribution in [3.05, 3.63) is 65.2 Å². The number of aromatic hydroxyl groups is 1. The number of benzene rings is 2. The van der Waals surface area contributed by atoms with Crippen molar-refractivity contribution in [2.75, 3.05) is 26.2 Å². The number of rotatable bonds is 4. The minimum absolute atomic E-state index is 0.294. The summed E-state index contributed by atoms with van der Waals surface area (Å²) in [7, 11) is 0. The Morgan fingerprint density at radius 2 is 1.75 bits per heavy atom. The van der Waals surface area contributed by atoms with Gasteiger partial charge in [0.2, 0.25) is 0 Å². The zero-order valence-electron chi connectivity index (χ0n) is 14.5. The molecule has 126 valence electrons. The van der Waals surface area contributed by atoms with Crippen molar-refractivity contribution in [2.24, 2.45) is 5.10 Å². The Morgan fingerprint density at radius 1 is 1.08 bits per heavy atom. The van der Waals surface area contributed by atoms with E-state index < -0.39 is 0 Å². The Hall–Kier alpha value is -2.33. The summed E-state index contributed by atoms with van der Waals surface area (Å²) in [5.41, 5.74) is 4.40. The van der Waals surface area contributed by atoms with E-state index in [0.29, 0.717) is 5.75 Å². The van der Waals surface area contributed by atoms with Crippen molar-refractivity contribution in [1.82, 2.24) is 5.01 Å². The van der Waals surface area contributed by atoms with E-state index in [-0.39, 0.29) is 0 Å². The molecule has 2 aromatic rings. The summed E-state index contributed by atoms with van der Waals surface area (Å²) in [6.07, 6.45) is 0. The second-order valence-corrected chi connectivity index (χ2v) is 6.57. The van der Waals surface area contributed by atoms with E-state index in [4.69, 9.17) is 5.10 Å². The van der Waals surface area contributed by atoms with Crippen LogP contribution in [0.15, 0.2) is 53.6 Å². The van der Waals surface area contributed by atoms with E-state index in [1.165, 1.54) is 11.1 Å². The van der Waals surface area contributed by atoms with E-state index in [1.54, 1.807) is 11.0 Å². The molecule has 24 heavy (non-hydrogen) atoms. The van der Waals surface area contributed by atoms with Gasteiger partial charge in [0, 0.05) is 11.1 Å². The first kappa shape index (κ1) is 16.5. The molecular weight excluding hydrogens is 298 g/mol. The molecule has 2 aromatic carbocycles. The quantitative estimate of drug-likeness (QED) is 0.843. The number of quaternary nitrogens is 1. The first-order valence-electron chi connectivity index (χ1n) is 8.59. The van der Waals surface area contributed by atoms with Crippen LogP contribution >= 0.6 is 0 Å². The minimum Gasteiger partial charge on any atom is -0.507 e. The second kappa shape index (κ2) is 7.49. The lowest BCUT2D eigenvalue weighted by Crippen LogP contribution is -3.13. The smallest absolute Gasteiger partial charge is 0.124 e. The van der Waals surface area contributed by atoms with E-state index >= 15 is 0 Å². The highest BCUT2D eigenvalue weighted by Gasteiger charge is 2.19. The molecule has 0 unspecified atom stereocenters. The van der Waals surface area contributed by atoms with E-state index in [9.17, 15) is 5.11 Å². The fraction of sp³-hybridized carbons (Fsp3) is 0.350. The van der Waals surface area contributed by atoms with E-state index in [2.05, 4.69) is 36.2 Å². The molecule has 1 heterocycles. The molecule has 0 aromatic heterocycles. The normalized spacial score (nSPS) is 16.4. The van der Waals surface area contributed by atoms with Crippen molar-refractivity contribution >= 4 is 5.71 Å². The number of piperazine rings is 1. The predicted molar refractivity (Wildman–Crippen MR) is 97.5 cm³/mol. The van der Waals surface area contributed by atoms with Crippen LogP contribution in [-0.4, -0.2) is 42.0 Å². The van der Waals surface area contributed by atoms with Crippen LogP contribution in [0, 0.1) is 6.92 Å². The number of phenols is 1. The summed E-state index contributed by atoms with van der Waals surface area (Å²) in [6, 6.07) is 16.2. The van der Waals surface area contributed by atoms with Crippen molar-refractivity contribution in [1.29, 1.82) is 0 Å². The van der Waals surface area contributed by atoms with Crippen molar-refractivity contribution < 1.29 is 10.0 Å². The monoisotopic (exact) mass is 324 g/mol. The van der Waals surface area contributed by atoms with Gasteiger partial charge in [0.1, 0.15) is 12.3 Å². The fourth-order valence-electron chi connectivity index (χ4n) is 3.13. The summed E-state index contributed by atoms with van der Waals surface area (Å²) < 4.78 is 0. The first-order valence-corrected chi connectivity index (χ1v) is 8.59. The molecule has 0 aliphatic carbocycles. The number of nitrogens with zero attached hydrogens (tertiary/aromatic N) is 2. The molecular formula is C20H26N3O+. The van der Waals surface area contributed by atoms with Crippen LogP contribution in [0.5, 0.6) is 5.75 Å². The number of hydrogen-bond donors (Lipinski definition) is 2. The maximum Gasteiger partial charge on any atom is 0.124 e. The number of hydrogen-bond acceptors (Lipinski definition) is 3. The van der Waals surface area contributed by atoms with Crippen molar-refractivity contribution in [3.8, 4) is 5.75 Å². The van der Waals surface area contributed by atoms with Gasteiger partial charge in [-0.3, -0.25) is 5.01 Å². The lowest BCUT2D eigenvalue weighted by atomic mass is 10.1. The second-order valence-electron chi connectivity index (χ2n) is 6.57. The fourth-order valence-corrected chi connectivity index (χ4v) is 3.13. The third-order valence-corrected chi connectivity index (χ3v) is 4.61. The van der Waals surface area contributed by atoms with Gasteiger partial charge in [-0.15, -0.1) is 0 Å². The maximum atomic E-state index is 9.93. The molecule has 1 fully saturated rings. The zero-order chi connectivity index (χ0) is 16.9. The molecule has 4 nitrogen and oxygen atoms in total. The number of hydrazone groups is 1. The average Bonchev–Trinajstić information content (AvgIpc) is 2.59. The maximum absolute atomic E-state index is 9.93. The third-order valence-electron chi connectivity index (χ3n) is 4.61. The molecule has 0 atom stereocenters.